The Balaban J connectivity index is 3.41. The van der Waals surface area contributed by atoms with Crippen LogP contribution in [0.25, 0.3) is 6.08 Å². The van der Waals surface area contributed by atoms with Crippen molar-refractivity contribution in [3.63, 3.8) is 0 Å². The molecule has 0 aliphatic rings. The third-order valence-corrected chi connectivity index (χ3v) is 6.04. The molecular formula is C12H18N2O2S2. The lowest BCUT2D eigenvalue weighted by atomic mass is 10.1. The number of carbonyl (C=O) groups excluding carboxylic acids is 1. The molecule has 100 valence electrons. The first kappa shape index (κ1) is 14.9. The summed E-state index contributed by atoms with van der Waals surface area (Å²) in [6.07, 6.45) is 1.99. The average molecular weight is 286 g/mol. The summed E-state index contributed by atoms with van der Waals surface area (Å²) >= 11 is 1.27. The number of nitrogens with two attached hydrogens (primary N) is 2. The van der Waals surface area contributed by atoms with Crippen LogP contribution in [0.15, 0.2) is 22.9 Å². The molecule has 0 aliphatic carbocycles. The standard InChI is InChI=1S/C12H18N2O2S2/c1-4-9-5-6-11(17-9)18(14,16)10(12(13)15)7-8(2)3/h4-6,8H,1,7H2,2-3H3,(H2,13,15)(H2,14,16). The zero-order valence-electron chi connectivity index (χ0n) is 10.5. The van der Waals surface area contributed by atoms with E-state index in [-0.39, 0.29) is 10.8 Å². The van der Waals surface area contributed by atoms with Crippen molar-refractivity contribution in [3.8, 4) is 0 Å². The predicted octanol–water partition coefficient (Wildman–Crippen LogP) is 1.61. The normalized spacial score (nSPS) is 14.2. The quantitative estimate of drug-likeness (QED) is 0.806. The van der Waals surface area contributed by atoms with Gasteiger partial charge in [-0.15, -0.1) is 11.3 Å². The van der Waals surface area contributed by atoms with Crippen LogP contribution >= 0.6 is 11.3 Å². The molecule has 18 heavy (non-hydrogen) atoms. The summed E-state index contributed by atoms with van der Waals surface area (Å²) < 4.78 is 13.1. The minimum atomic E-state index is -3.02. The van der Waals surface area contributed by atoms with Gasteiger partial charge < -0.3 is 5.73 Å². The summed E-state index contributed by atoms with van der Waals surface area (Å²) in [6.45, 7) is 7.47. The van der Waals surface area contributed by atoms with E-state index in [1.54, 1.807) is 18.2 Å². The van der Waals surface area contributed by atoms with Gasteiger partial charge in [0.05, 0.1) is 18.8 Å². The fraction of sp³-hybridized carbons (Fsp3) is 0.333. The molecule has 1 aromatic rings. The Labute approximate surface area is 112 Å². The molecule has 0 radical (unpaired) electrons. The van der Waals surface area contributed by atoms with Crippen LogP contribution in [0.1, 0.15) is 25.1 Å². The smallest absolute Gasteiger partial charge is 0.254 e. The molecule has 1 aromatic heterocycles. The van der Waals surface area contributed by atoms with E-state index in [1.807, 2.05) is 13.8 Å². The van der Waals surface area contributed by atoms with E-state index in [9.17, 15) is 9.00 Å². The molecule has 6 heteroatoms. The maximum Gasteiger partial charge on any atom is 0.254 e. The highest BCUT2D eigenvalue weighted by Gasteiger charge is 2.20. The van der Waals surface area contributed by atoms with Crippen molar-refractivity contribution in [2.75, 3.05) is 0 Å². The topological polar surface area (TPSA) is 86.2 Å². The van der Waals surface area contributed by atoms with E-state index >= 15 is 0 Å². The van der Waals surface area contributed by atoms with Crippen molar-refractivity contribution >= 4 is 37.9 Å². The van der Waals surface area contributed by atoms with Crippen LogP contribution < -0.4 is 10.9 Å². The first-order chi connectivity index (χ1) is 8.28. The van der Waals surface area contributed by atoms with Gasteiger partial charge in [-0.05, 0) is 24.5 Å². The predicted molar refractivity (Wildman–Crippen MR) is 78.7 cm³/mol. The van der Waals surface area contributed by atoms with Gasteiger partial charge in [-0.25, -0.2) is 4.21 Å². The molecule has 1 atom stereocenters. The van der Waals surface area contributed by atoms with Crippen LogP contribution in [0, 0.1) is 5.92 Å². The third kappa shape index (κ3) is 3.22. The Morgan fingerprint density at radius 1 is 1.56 bits per heavy atom. The Kier molecular flexibility index (Phi) is 4.72. The summed E-state index contributed by atoms with van der Waals surface area (Å²) in [7, 11) is -3.02. The Morgan fingerprint density at radius 3 is 2.56 bits per heavy atom. The van der Waals surface area contributed by atoms with E-state index in [0.717, 1.165) is 4.88 Å². The molecule has 0 aliphatic heterocycles. The molecule has 0 spiro atoms. The molecule has 4 N–H and O–H groups in total. The lowest BCUT2D eigenvalue weighted by Crippen LogP contribution is -2.34. The number of thiophene rings is 1. The van der Waals surface area contributed by atoms with E-state index in [0.29, 0.717) is 10.6 Å². The highest BCUT2D eigenvalue weighted by molar-refractivity contribution is 8.03. The highest BCUT2D eigenvalue weighted by atomic mass is 32.2. The maximum atomic E-state index is 12.6. The van der Waals surface area contributed by atoms with Crippen molar-refractivity contribution in [2.24, 2.45) is 16.8 Å². The summed E-state index contributed by atoms with van der Waals surface area (Å²) in [5, 5.41) is 5.87. The molecular weight excluding hydrogens is 268 g/mol. The van der Waals surface area contributed by atoms with E-state index in [4.69, 9.17) is 10.9 Å². The van der Waals surface area contributed by atoms with Crippen LogP contribution in [0.2, 0.25) is 0 Å². The molecule has 1 unspecified atom stereocenters. The molecule has 0 saturated carbocycles. The number of primary amides is 1. The number of hydrogen-bond donors (Lipinski definition) is 2. The summed E-state index contributed by atoms with van der Waals surface area (Å²) in [5.74, 6) is -0.527. The summed E-state index contributed by atoms with van der Waals surface area (Å²) in [4.78, 5) is 12.4. The number of amides is 1. The van der Waals surface area contributed by atoms with Crippen molar-refractivity contribution in [1.29, 1.82) is 0 Å². The van der Waals surface area contributed by atoms with E-state index in [2.05, 4.69) is 6.58 Å². The summed E-state index contributed by atoms with van der Waals surface area (Å²) in [5.41, 5.74) is 5.30. The number of carbonyl (C=O) groups is 1. The van der Waals surface area contributed by atoms with Crippen molar-refractivity contribution in [2.45, 2.75) is 24.5 Å². The van der Waals surface area contributed by atoms with Crippen LogP contribution in [0.4, 0.5) is 0 Å². The largest absolute Gasteiger partial charge is 0.365 e. The van der Waals surface area contributed by atoms with Gasteiger partial charge in [0, 0.05) is 4.88 Å². The lowest BCUT2D eigenvalue weighted by molar-refractivity contribution is -0.111. The fourth-order valence-corrected chi connectivity index (χ4v) is 4.54. The third-order valence-electron chi connectivity index (χ3n) is 2.34. The molecule has 0 saturated heterocycles. The van der Waals surface area contributed by atoms with Crippen LogP contribution in [-0.4, -0.2) is 15.0 Å². The first-order valence-electron chi connectivity index (χ1n) is 5.49. The van der Waals surface area contributed by atoms with Crippen LogP contribution in [0.3, 0.4) is 0 Å². The average Bonchev–Trinajstić information content (AvgIpc) is 2.74. The molecule has 1 amide bonds. The van der Waals surface area contributed by atoms with Crippen molar-refractivity contribution < 1.29 is 9.00 Å². The van der Waals surface area contributed by atoms with Crippen molar-refractivity contribution in [1.82, 2.24) is 0 Å². The van der Waals surface area contributed by atoms with Gasteiger partial charge in [0.25, 0.3) is 5.91 Å². The zero-order chi connectivity index (χ0) is 13.9. The van der Waals surface area contributed by atoms with Crippen LogP contribution in [0.5, 0.6) is 0 Å². The Bertz CT molecular complexity index is 579. The van der Waals surface area contributed by atoms with Gasteiger partial charge in [0.2, 0.25) is 0 Å². The van der Waals surface area contributed by atoms with E-state index < -0.39 is 15.6 Å². The minimum absolute atomic E-state index is 0.106. The zero-order valence-corrected chi connectivity index (χ0v) is 12.1. The monoisotopic (exact) mass is 286 g/mol. The second kappa shape index (κ2) is 5.69. The van der Waals surface area contributed by atoms with Gasteiger partial charge >= 0.3 is 0 Å². The second-order valence-corrected chi connectivity index (χ2v) is 7.85. The van der Waals surface area contributed by atoms with Gasteiger partial charge in [0.15, 0.2) is 0 Å². The molecule has 1 rings (SSSR count). The molecule has 4 nitrogen and oxygen atoms in total. The van der Waals surface area contributed by atoms with E-state index in [1.165, 1.54) is 11.3 Å². The van der Waals surface area contributed by atoms with Crippen molar-refractivity contribution in [3.05, 3.63) is 23.6 Å². The van der Waals surface area contributed by atoms with Gasteiger partial charge in [-0.2, -0.15) is 0 Å². The SMILES string of the molecule is C=Cc1ccc(S(N)(=O)=C(CC(C)C)C(N)=O)s1. The Morgan fingerprint density at radius 2 is 2.17 bits per heavy atom. The molecule has 0 bridgehead atoms. The Hall–Kier alpha value is -1.11. The second-order valence-electron chi connectivity index (χ2n) is 4.35. The van der Waals surface area contributed by atoms with Crippen LogP contribution in [-0.2, 0) is 14.5 Å². The van der Waals surface area contributed by atoms with Gasteiger partial charge in [-0.1, -0.05) is 26.5 Å². The molecule has 0 aromatic carbocycles. The summed E-state index contributed by atoms with van der Waals surface area (Å²) in [6, 6.07) is 3.43. The maximum absolute atomic E-state index is 12.6. The highest BCUT2D eigenvalue weighted by Crippen LogP contribution is 2.23. The van der Waals surface area contributed by atoms with Gasteiger partial charge in [0.1, 0.15) is 0 Å². The van der Waals surface area contributed by atoms with Gasteiger partial charge in [-0.3, -0.25) is 9.93 Å². The lowest BCUT2D eigenvalue weighted by Gasteiger charge is -2.11. The number of hydrogen-bond acceptors (Lipinski definition) is 3. The number of rotatable bonds is 5. The minimum Gasteiger partial charge on any atom is -0.365 e. The fourth-order valence-electron chi connectivity index (χ4n) is 1.47. The first-order valence-corrected chi connectivity index (χ1v) is 7.92. The molecule has 0 fully saturated rings. The molecule has 1 heterocycles.